The van der Waals surface area contributed by atoms with E-state index in [4.69, 9.17) is 8.92 Å². The number of hydrogen-bond donors (Lipinski definition) is 0. The van der Waals surface area contributed by atoms with Gasteiger partial charge in [-0.2, -0.15) is 8.42 Å². The Balaban J connectivity index is 2.06. The molecule has 1 saturated carbocycles. The van der Waals surface area contributed by atoms with Crippen LogP contribution >= 0.6 is 0 Å². The molecule has 0 saturated heterocycles. The first-order valence-corrected chi connectivity index (χ1v) is 6.82. The molecule has 1 fully saturated rings. The van der Waals surface area contributed by atoms with Crippen molar-refractivity contribution in [1.82, 2.24) is 0 Å². The van der Waals surface area contributed by atoms with Gasteiger partial charge < -0.3 is 4.74 Å². The van der Waals surface area contributed by atoms with Crippen molar-refractivity contribution in [1.29, 1.82) is 0 Å². The summed E-state index contributed by atoms with van der Waals surface area (Å²) in [5.74, 6) is 0. The minimum Gasteiger partial charge on any atom is -0.378 e. The van der Waals surface area contributed by atoms with Gasteiger partial charge in [-0.15, -0.1) is 0 Å². The second-order valence-corrected chi connectivity index (χ2v) is 5.34. The molecule has 1 rings (SSSR count). The minimum atomic E-state index is -3.29. The molecule has 0 spiro atoms. The van der Waals surface area contributed by atoms with E-state index >= 15 is 0 Å². The Labute approximate surface area is 85.7 Å². The molecule has 0 atom stereocenters. The maximum Gasteiger partial charge on any atom is 0.264 e. The van der Waals surface area contributed by atoms with E-state index in [1.807, 2.05) is 0 Å². The van der Waals surface area contributed by atoms with Gasteiger partial charge in [0, 0.05) is 19.4 Å². The first kappa shape index (κ1) is 11.9. The molecule has 0 aromatic heterocycles. The third kappa shape index (κ3) is 4.39. The summed E-state index contributed by atoms with van der Waals surface area (Å²) in [6.45, 7) is 2.88. The maximum atomic E-state index is 10.7. The molecule has 14 heavy (non-hydrogen) atoms. The van der Waals surface area contributed by atoms with E-state index in [1.165, 1.54) is 0 Å². The van der Waals surface area contributed by atoms with Crippen molar-refractivity contribution in [3.05, 3.63) is 0 Å². The molecule has 84 valence electrons. The summed E-state index contributed by atoms with van der Waals surface area (Å²) in [6, 6.07) is 0. The summed E-state index contributed by atoms with van der Waals surface area (Å²) in [6.07, 6.45) is 4.72. The van der Waals surface area contributed by atoms with Gasteiger partial charge in [-0.25, -0.2) is 0 Å². The van der Waals surface area contributed by atoms with Crippen molar-refractivity contribution >= 4 is 10.1 Å². The molecule has 5 heteroatoms. The van der Waals surface area contributed by atoms with Crippen LogP contribution in [0.15, 0.2) is 0 Å². The Morgan fingerprint density at radius 2 is 1.93 bits per heavy atom. The van der Waals surface area contributed by atoms with E-state index in [0.29, 0.717) is 12.8 Å². The van der Waals surface area contributed by atoms with E-state index in [9.17, 15) is 8.42 Å². The zero-order valence-corrected chi connectivity index (χ0v) is 9.55. The first-order valence-electron chi connectivity index (χ1n) is 5.01. The van der Waals surface area contributed by atoms with Gasteiger partial charge in [0.25, 0.3) is 10.1 Å². The summed E-state index contributed by atoms with van der Waals surface area (Å²) in [5.41, 5.74) is 0. The molecule has 0 radical (unpaired) electrons. The molecule has 0 bridgehead atoms. The van der Waals surface area contributed by atoms with Crippen LogP contribution in [0.25, 0.3) is 0 Å². The highest BCUT2D eigenvalue weighted by Crippen LogP contribution is 2.27. The van der Waals surface area contributed by atoms with Crippen LogP contribution in [0.2, 0.25) is 0 Å². The van der Waals surface area contributed by atoms with Gasteiger partial charge in [-0.05, 0) is 6.42 Å². The molecule has 0 aromatic carbocycles. The Hall–Kier alpha value is -0.130. The molecule has 1 aliphatic rings. The Morgan fingerprint density at radius 3 is 2.43 bits per heavy atom. The van der Waals surface area contributed by atoms with Gasteiger partial charge in [0.05, 0.1) is 18.5 Å². The summed E-state index contributed by atoms with van der Waals surface area (Å²) in [7, 11) is -3.29. The molecule has 0 N–H and O–H groups in total. The lowest BCUT2D eigenvalue weighted by molar-refractivity contribution is -0.0589. The van der Waals surface area contributed by atoms with Crippen LogP contribution < -0.4 is 0 Å². The number of unbranched alkanes of at least 4 members (excludes halogenated alkanes) is 1. The lowest BCUT2D eigenvalue weighted by Crippen LogP contribution is -2.38. The Kier molecular flexibility index (Phi) is 4.34. The van der Waals surface area contributed by atoms with Gasteiger partial charge in [0.1, 0.15) is 0 Å². The van der Waals surface area contributed by atoms with Gasteiger partial charge in [0.15, 0.2) is 0 Å². The van der Waals surface area contributed by atoms with Crippen molar-refractivity contribution in [2.24, 2.45) is 0 Å². The monoisotopic (exact) mass is 222 g/mol. The van der Waals surface area contributed by atoms with E-state index < -0.39 is 10.1 Å². The van der Waals surface area contributed by atoms with Gasteiger partial charge in [-0.3, -0.25) is 4.18 Å². The smallest absolute Gasteiger partial charge is 0.264 e. The SMILES string of the molecule is CCCCO[C@H]1C[C@H](OS(C)(=O)=O)C1. The minimum absolute atomic E-state index is 0.156. The lowest BCUT2D eigenvalue weighted by Gasteiger charge is -2.33. The van der Waals surface area contributed by atoms with Crippen LogP contribution in [0.5, 0.6) is 0 Å². The van der Waals surface area contributed by atoms with Crippen LogP contribution in [-0.2, 0) is 19.0 Å². The second kappa shape index (κ2) is 5.09. The van der Waals surface area contributed by atoms with Crippen molar-refractivity contribution in [3.63, 3.8) is 0 Å². The van der Waals surface area contributed by atoms with Crippen LogP contribution in [0.3, 0.4) is 0 Å². The van der Waals surface area contributed by atoms with Crippen molar-refractivity contribution in [2.75, 3.05) is 12.9 Å². The zero-order chi connectivity index (χ0) is 10.6. The molecule has 0 heterocycles. The average molecular weight is 222 g/mol. The largest absolute Gasteiger partial charge is 0.378 e. The highest BCUT2D eigenvalue weighted by Gasteiger charge is 2.32. The number of hydrogen-bond acceptors (Lipinski definition) is 4. The van der Waals surface area contributed by atoms with Crippen molar-refractivity contribution in [3.8, 4) is 0 Å². The van der Waals surface area contributed by atoms with Crippen LogP contribution in [-0.4, -0.2) is 33.5 Å². The summed E-state index contributed by atoms with van der Waals surface area (Å²) < 4.78 is 31.8. The third-order valence-electron chi connectivity index (χ3n) is 2.21. The fraction of sp³-hybridized carbons (Fsp3) is 1.00. The zero-order valence-electron chi connectivity index (χ0n) is 8.73. The number of ether oxygens (including phenoxy) is 1. The van der Waals surface area contributed by atoms with E-state index in [-0.39, 0.29) is 12.2 Å². The fourth-order valence-corrected chi connectivity index (χ4v) is 2.03. The highest BCUT2D eigenvalue weighted by molar-refractivity contribution is 7.86. The van der Waals surface area contributed by atoms with E-state index in [0.717, 1.165) is 25.7 Å². The predicted octanol–water partition coefficient (Wildman–Crippen LogP) is 1.31. The summed E-state index contributed by atoms with van der Waals surface area (Å²) in [5, 5.41) is 0. The third-order valence-corrected chi connectivity index (χ3v) is 2.84. The van der Waals surface area contributed by atoms with Gasteiger partial charge >= 0.3 is 0 Å². The van der Waals surface area contributed by atoms with Gasteiger partial charge in [-0.1, -0.05) is 13.3 Å². The lowest BCUT2D eigenvalue weighted by atomic mass is 9.92. The molecule has 0 unspecified atom stereocenters. The summed E-state index contributed by atoms with van der Waals surface area (Å²) in [4.78, 5) is 0. The number of rotatable bonds is 6. The highest BCUT2D eigenvalue weighted by atomic mass is 32.2. The predicted molar refractivity (Wildman–Crippen MR) is 53.6 cm³/mol. The van der Waals surface area contributed by atoms with Crippen molar-refractivity contribution < 1.29 is 17.3 Å². The standard InChI is InChI=1S/C9H18O4S/c1-3-4-5-12-8-6-9(7-8)13-14(2,10)11/h8-9H,3-7H2,1-2H3/t8-,9-. The van der Waals surface area contributed by atoms with Crippen LogP contribution in [0.1, 0.15) is 32.6 Å². The topological polar surface area (TPSA) is 52.6 Å². The fourth-order valence-electron chi connectivity index (χ4n) is 1.37. The molecule has 0 aromatic rings. The molecule has 1 aliphatic carbocycles. The molecule has 0 aliphatic heterocycles. The quantitative estimate of drug-likeness (QED) is 0.502. The maximum absolute atomic E-state index is 10.7. The average Bonchev–Trinajstić information content (AvgIpc) is 1.97. The first-order chi connectivity index (χ1) is 6.51. The van der Waals surface area contributed by atoms with Crippen LogP contribution in [0, 0.1) is 0 Å². The molecule has 0 amide bonds. The van der Waals surface area contributed by atoms with Gasteiger partial charge in [0.2, 0.25) is 0 Å². The molecular formula is C9H18O4S. The molecule has 4 nitrogen and oxygen atoms in total. The van der Waals surface area contributed by atoms with Crippen molar-refractivity contribution in [2.45, 2.75) is 44.8 Å². The molecular weight excluding hydrogens is 204 g/mol. The van der Waals surface area contributed by atoms with Crippen LogP contribution in [0.4, 0.5) is 0 Å². The second-order valence-electron chi connectivity index (χ2n) is 3.74. The summed E-state index contributed by atoms with van der Waals surface area (Å²) >= 11 is 0. The normalized spacial score (nSPS) is 27.3. The Morgan fingerprint density at radius 1 is 1.29 bits per heavy atom. The van der Waals surface area contributed by atoms with E-state index in [2.05, 4.69) is 6.92 Å². The Bertz CT molecular complexity index is 254. The van der Waals surface area contributed by atoms with E-state index in [1.54, 1.807) is 0 Å².